The van der Waals surface area contributed by atoms with Gasteiger partial charge in [-0.15, -0.1) is 35.3 Å². The maximum atomic E-state index is 12.5. The summed E-state index contributed by atoms with van der Waals surface area (Å²) in [5, 5.41) is 7.46. The molecule has 1 aromatic carbocycles. The number of halogens is 3. The molecule has 6 nitrogen and oxygen atoms in total. The topological polar surface area (TPSA) is 67.8 Å². The number of ether oxygens (including phenoxy) is 2. The number of rotatable bonds is 8. The second kappa shape index (κ2) is 12.0. The van der Waals surface area contributed by atoms with Crippen molar-refractivity contribution in [3.63, 3.8) is 0 Å². The summed E-state index contributed by atoms with van der Waals surface area (Å²) in [6.07, 6.45) is 0. The van der Waals surface area contributed by atoms with Crippen molar-refractivity contribution < 1.29 is 18.3 Å². The molecule has 1 aromatic heterocycles. The van der Waals surface area contributed by atoms with Crippen LogP contribution >= 0.6 is 35.3 Å². The zero-order valence-corrected chi connectivity index (χ0v) is 19.4. The summed E-state index contributed by atoms with van der Waals surface area (Å²) in [6, 6.07) is 4.86. The van der Waals surface area contributed by atoms with Crippen molar-refractivity contribution >= 4 is 41.3 Å². The molecule has 0 saturated heterocycles. The molecule has 0 unspecified atom stereocenters. The van der Waals surface area contributed by atoms with E-state index in [2.05, 4.69) is 25.3 Å². The molecule has 0 fully saturated rings. The molecule has 0 aliphatic carbocycles. The third-order valence-corrected chi connectivity index (χ3v) is 4.70. The zero-order chi connectivity index (χ0) is 19.8. The number of hydrogen-bond acceptors (Lipinski definition) is 5. The highest BCUT2D eigenvalue weighted by atomic mass is 127. The van der Waals surface area contributed by atoms with Gasteiger partial charge in [0.05, 0.1) is 23.9 Å². The Morgan fingerprint density at radius 2 is 1.93 bits per heavy atom. The molecule has 2 N–H and O–H groups in total. The fourth-order valence-electron chi connectivity index (χ4n) is 2.43. The molecular formula is C18H25F2IN4O2S. The van der Waals surface area contributed by atoms with Crippen molar-refractivity contribution in [2.75, 3.05) is 13.7 Å². The van der Waals surface area contributed by atoms with Gasteiger partial charge in [0.1, 0.15) is 0 Å². The van der Waals surface area contributed by atoms with Gasteiger partial charge in [-0.2, -0.15) is 8.78 Å². The number of hydrogen-bond donors (Lipinski definition) is 2. The molecule has 0 spiro atoms. The summed E-state index contributed by atoms with van der Waals surface area (Å²) in [5.41, 5.74) is 1.87. The summed E-state index contributed by atoms with van der Waals surface area (Å²) in [4.78, 5) is 9.75. The van der Waals surface area contributed by atoms with Crippen LogP contribution in [0, 0.1) is 13.8 Å². The second-order valence-corrected chi connectivity index (χ2v) is 6.90. The number of alkyl halides is 2. The first-order chi connectivity index (χ1) is 12.9. The number of aliphatic imine (C=N–C) groups is 1. The van der Waals surface area contributed by atoms with Crippen LogP contribution in [0.25, 0.3) is 0 Å². The first-order valence-electron chi connectivity index (χ1n) is 8.50. The van der Waals surface area contributed by atoms with Gasteiger partial charge in [0.25, 0.3) is 0 Å². The van der Waals surface area contributed by atoms with Gasteiger partial charge >= 0.3 is 6.61 Å². The van der Waals surface area contributed by atoms with Gasteiger partial charge in [-0.1, -0.05) is 6.07 Å². The molecule has 0 bridgehead atoms. The van der Waals surface area contributed by atoms with E-state index in [0.29, 0.717) is 25.7 Å². The molecule has 0 aliphatic rings. The monoisotopic (exact) mass is 526 g/mol. The third-order valence-electron chi connectivity index (χ3n) is 3.62. The molecule has 0 radical (unpaired) electrons. The molecule has 2 rings (SSSR count). The summed E-state index contributed by atoms with van der Waals surface area (Å²) < 4.78 is 34.8. The average molecular weight is 526 g/mol. The Kier molecular flexibility index (Phi) is 10.4. The molecule has 0 atom stereocenters. The molecule has 0 aliphatic heterocycles. The van der Waals surface area contributed by atoms with Crippen LogP contribution in [-0.2, 0) is 13.1 Å². The largest absolute Gasteiger partial charge is 0.490 e. The van der Waals surface area contributed by atoms with E-state index in [1.165, 1.54) is 6.07 Å². The number of nitrogens with zero attached hydrogens (tertiary/aromatic N) is 2. The number of benzene rings is 1. The van der Waals surface area contributed by atoms with Crippen LogP contribution in [0.3, 0.4) is 0 Å². The Hall–Kier alpha value is -1.69. The van der Waals surface area contributed by atoms with Crippen molar-refractivity contribution in [1.29, 1.82) is 0 Å². The van der Waals surface area contributed by atoms with Gasteiger partial charge in [-0.25, -0.2) is 4.98 Å². The van der Waals surface area contributed by atoms with Crippen LogP contribution in [0.4, 0.5) is 8.78 Å². The van der Waals surface area contributed by atoms with Crippen LogP contribution < -0.4 is 20.1 Å². The lowest BCUT2D eigenvalue weighted by Crippen LogP contribution is -2.36. The van der Waals surface area contributed by atoms with E-state index in [9.17, 15) is 8.78 Å². The minimum absolute atomic E-state index is 0. The van der Waals surface area contributed by atoms with Crippen LogP contribution in [-0.4, -0.2) is 31.2 Å². The van der Waals surface area contributed by atoms with E-state index >= 15 is 0 Å². The molecular weight excluding hydrogens is 501 g/mol. The predicted molar refractivity (Wildman–Crippen MR) is 118 cm³/mol. The quantitative estimate of drug-likeness (QED) is 0.306. The van der Waals surface area contributed by atoms with Gasteiger partial charge in [0, 0.05) is 18.5 Å². The van der Waals surface area contributed by atoms with Crippen molar-refractivity contribution in [2.45, 2.75) is 40.5 Å². The minimum atomic E-state index is -2.89. The van der Waals surface area contributed by atoms with Gasteiger partial charge in [-0.3, -0.25) is 4.99 Å². The Labute approximate surface area is 184 Å². The van der Waals surface area contributed by atoms with Crippen molar-refractivity contribution in [1.82, 2.24) is 15.6 Å². The van der Waals surface area contributed by atoms with Crippen LogP contribution in [0.1, 0.15) is 28.1 Å². The number of nitrogens with one attached hydrogen (secondary N) is 2. The zero-order valence-electron chi connectivity index (χ0n) is 16.2. The van der Waals surface area contributed by atoms with E-state index in [4.69, 9.17) is 4.74 Å². The fraction of sp³-hybridized carbons (Fsp3) is 0.444. The fourth-order valence-corrected chi connectivity index (χ4v) is 3.31. The van der Waals surface area contributed by atoms with Crippen molar-refractivity contribution in [3.8, 4) is 11.5 Å². The SMILES string of the molecule is CCOc1cc(CNC(=NC)NCc2sc(C)nc2C)ccc1OC(F)F.I. The number of guanidine groups is 1. The molecule has 10 heteroatoms. The van der Waals surface area contributed by atoms with Gasteiger partial charge in [-0.05, 0) is 38.5 Å². The number of aromatic nitrogens is 1. The summed E-state index contributed by atoms with van der Waals surface area (Å²) in [6.45, 7) is 4.28. The molecule has 0 amide bonds. The lowest BCUT2D eigenvalue weighted by molar-refractivity contribution is -0.0514. The van der Waals surface area contributed by atoms with Crippen molar-refractivity contribution in [3.05, 3.63) is 39.3 Å². The molecule has 0 saturated carbocycles. The third kappa shape index (κ3) is 7.38. The Balaban J connectivity index is 0.00000392. The van der Waals surface area contributed by atoms with Gasteiger partial charge in [0.2, 0.25) is 0 Å². The average Bonchev–Trinajstić information content (AvgIpc) is 2.94. The van der Waals surface area contributed by atoms with E-state index in [0.717, 1.165) is 21.1 Å². The van der Waals surface area contributed by atoms with Crippen LogP contribution in [0.2, 0.25) is 0 Å². The predicted octanol–water partition coefficient (Wildman–Crippen LogP) is 4.24. The van der Waals surface area contributed by atoms with Gasteiger partial charge < -0.3 is 20.1 Å². The highest BCUT2D eigenvalue weighted by molar-refractivity contribution is 14.0. The molecule has 1 heterocycles. The molecule has 156 valence electrons. The standard InChI is InChI=1S/C18H24F2N4O2S.HI/c1-5-25-15-8-13(6-7-14(15)26-17(19)20)9-22-18(21-4)23-10-16-11(2)24-12(3)27-16;/h6-8,17H,5,9-10H2,1-4H3,(H2,21,22,23);1H. The summed E-state index contributed by atoms with van der Waals surface area (Å²) in [5.74, 6) is 0.941. The minimum Gasteiger partial charge on any atom is -0.490 e. The van der Waals surface area contributed by atoms with Gasteiger partial charge in [0.15, 0.2) is 17.5 Å². The van der Waals surface area contributed by atoms with Crippen LogP contribution in [0.5, 0.6) is 11.5 Å². The summed E-state index contributed by atoms with van der Waals surface area (Å²) >= 11 is 1.65. The van der Waals surface area contributed by atoms with E-state index in [1.807, 2.05) is 13.8 Å². The van der Waals surface area contributed by atoms with Crippen LogP contribution in [0.15, 0.2) is 23.2 Å². The molecule has 28 heavy (non-hydrogen) atoms. The highest BCUT2D eigenvalue weighted by Gasteiger charge is 2.12. The van der Waals surface area contributed by atoms with Crippen molar-refractivity contribution in [2.24, 2.45) is 4.99 Å². The Bertz CT molecular complexity index is 787. The maximum absolute atomic E-state index is 12.5. The van der Waals surface area contributed by atoms with E-state index < -0.39 is 6.61 Å². The first-order valence-corrected chi connectivity index (χ1v) is 9.32. The Morgan fingerprint density at radius 1 is 1.21 bits per heavy atom. The lowest BCUT2D eigenvalue weighted by Gasteiger charge is -2.14. The highest BCUT2D eigenvalue weighted by Crippen LogP contribution is 2.29. The molecule has 2 aromatic rings. The first kappa shape index (κ1) is 24.3. The van der Waals surface area contributed by atoms with E-state index in [-0.39, 0.29) is 35.5 Å². The Morgan fingerprint density at radius 3 is 2.50 bits per heavy atom. The number of aryl methyl sites for hydroxylation is 2. The van der Waals surface area contributed by atoms with E-state index in [1.54, 1.807) is 37.4 Å². The second-order valence-electron chi connectivity index (χ2n) is 5.61. The normalized spacial score (nSPS) is 11.2. The number of thiazole rings is 1. The smallest absolute Gasteiger partial charge is 0.387 e. The maximum Gasteiger partial charge on any atom is 0.387 e. The lowest BCUT2D eigenvalue weighted by atomic mass is 10.2. The summed E-state index contributed by atoms with van der Waals surface area (Å²) in [7, 11) is 1.69.